The van der Waals surface area contributed by atoms with Gasteiger partial charge in [-0.2, -0.15) is 0 Å². The number of methoxy groups -OCH3 is 1. The van der Waals surface area contributed by atoms with Crippen molar-refractivity contribution < 1.29 is 24.2 Å². The highest BCUT2D eigenvalue weighted by molar-refractivity contribution is 7.17. The van der Waals surface area contributed by atoms with Crippen LogP contribution in [0.2, 0.25) is 0 Å². The number of nitrogens with two attached hydrogens (primary N) is 1. The Hall–Kier alpha value is -2.87. The van der Waals surface area contributed by atoms with E-state index < -0.39 is 23.8 Å². The summed E-state index contributed by atoms with van der Waals surface area (Å²) in [7, 11) is 1.57. The van der Waals surface area contributed by atoms with E-state index in [1.165, 1.54) is 11.3 Å². The summed E-state index contributed by atoms with van der Waals surface area (Å²) in [6.07, 6.45) is -0.171. The van der Waals surface area contributed by atoms with Gasteiger partial charge in [-0.15, -0.1) is 11.3 Å². The lowest BCUT2D eigenvalue weighted by Gasteiger charge is -2.12. The van der Waals surface area contributed by atoms with E-state index in [-0.39, 0.29) is 12.8 Å². The van der Waals surface area contributed by atoms with Gasteiger partial charge in [0, 0.05) is 16.9 Å². The predicted molar refractivity (Wildman–Crippen MR) is 93.6 cm³/mol. The zero-order valence-corrected chi connectivity index (χ0v) is 14.3. The maximum Gasteiger partial charge on any atom is 0.326 e. The van der Waals surface area contributed by atoms with Gasteiger partial charge < -0.3 is 20.9 Å². The number of nitrogens with one attached hydrogen (secondary N) is 1. The third kappa shape index (κ3) is 4.80. The zero-order chi connectivity index (χ0) is 18.4. The van der Waals surface area contributed by atoms with Gasteiger partial charge in [0.05, 0.1) is 12.0 Å². The van der Waals surface area contributed by atoms with Gasteiger partial charge in [0.2, 0.25) is 5.91 Å². The van der Waals surface area contributed by atoms with E-state index in [9.17, 15) is 14.4 Å². The number of hydrogen-bond acceptors (Lipinski definition) is 5. The van der Waals surface area contributed by atoms with Crippen LogP contribution in [0.1, 0.15) is 22.5 Å². The van der Waals surface area contributed by atoms with Crippen LogP contribution >= 0.6 is 11.3 Å². The summed E-state index contributed by atoms with van der Waals surface area (Å²) in [6.45, 7) is 0. The Morgan fingerprint density at radius 2 is 1.96 bits per heavy atom. The number of rotatable bonds is 8. The number of ether oxygens (including phenoxy) is 1. The number of carboxylic acids is 1. The Bertz CT molecular complexity index is 787. The van der Waals surface area contributed by atoms with Crippen LogP contribution in [-0.2, 0) is 9.59 Å². The van der Waals surface area contributed by atoms with E-state index >= 15 is 0 Å². The molecular weight excluding hydrogens is 344 g/mol. The first-order valence-electron chi connectivity index (χ1n) is 7.47. The molecule has 0 unspecified atom stereocenters. The minimum Gasteiger partial charge on any atom is -0.496 e. The molecule has 2 rings (SSSR count). The van der Waals surface area contributed by atoms with E-state index in [0.29, 0.717) is 10.6 Å². The number of carboxylic acid groups (broad SMARTS) is 1. The van der Waals surface area contributed by atoms with Crippen molar-refractivity contribution in [3.8, 4) is 16.2 Å². The summed E-state index contributed by atoms with van der Waals surface area (Å²) >= 11 is 1.23. The topological polar surface area (TPSA) is 119 Å². The molecule has 0 aliphatic rings. The molecule has 1 heterocycles. The second kappa shape index (κ2) is 8.29. The average Bonchev–Trinajstić information content (AvgIpc) is 3.07. The van der Waals surface area contributed by atoms with E-state index in [2.05, 4.69) is 5.32 Å². The minimum atomic E-state index is -1.21. The summed E-state index contributed by atoms with van der Waals surface area (Å²) in [5, 5.41) is 11.6. The van der Waals surface area contributed by atoms with Crippen LogP contribution in [0.3, 0.4) is 0 Å². The van der Waals surface area contributed by atoms with Crippen molar-refractivity contribution in [1.82, 2.24) is 5.32 Å². The number of para-hydroxylation sites is 1. The van der Waals surface area contributed by atoms with Gasteiger partial charge in [-0.3, -0.25) is 9.59 Å². The molecule has 25 heavy (non-hydrogen) atoms. The molecule has 2 aromatic rings. The number of amides is 2. The Morgan fingerprint density at radius 1 is 1.24 bits per heavy atom. The van der Waals surface area contributed by atoms with Gasteiger partial charge in [0.25, 0.3) is 5.91 Å². The number of thiophene rings is 1. The fourth-order valence-electron chi connectivity index (χ4n) is 2.23. The van der Waals surface area contributed by atoms with E-state index in [4.69, 9.17) is 15.6 Å². The highest BCUT2D eigenvalue weighted by Crippen LogP contribution is 2.34. The smallest absolute Gasteiger partial charge is 0.326 e. The molecule has 1 aromatic heterocycles. The highest BCUT2D eigenvalue weighted by atomic mass is 32.1. The molecular formula is C17H18N2O5S. The first-order chi connectivity index (χ1) is 11.9. The van der Waals surface area contributed by atoms with Gasteiger partial charge in [-0.25, -0.2) is 4.79 Å². The van der Waals surface area contributed by atoms with Gasteiger partial charge in [0.15, 0.2) is 0 Å². The number of carbonyl (C=O) groups is 3. The second-order valence-corrected chi connectivity index (χ2v) is 6.32. The third-order valence-electron chi connectivity index (χ3n) is 3.49. The normalized spacial score (nSPS) is 11.6. The molecule has 0 spiro atoms. The van der Waals surface area contributed by atoms with Crippen LogP contribution in [0.25, 0.3) is 10.4 Å². The molecule has 0 saturated heterocycles. The van der Waals surface area contributed by atoms with Crippen LogP contribution < -0.4 is 15.8 Å². The molecule has 0 aliphatic heterocycles. The molecule has 0 radical (unpaired) electrons. The van der Waals surface area contributed by atoms with E-state index in [1.807, 2.05) is 24.3 Å². The first-order valence-corrected chi connectivity index (χ1v) is 8.29. The Morgan fingerprint density at radius 3 is 2.60 bits per heavy atom. The fraction of sp³-hybridized carbons (Fsp3) is 0.235. The average molecular weight is 362 g/mol. The Balaban J connectivity index is 2.14. The number of carbonyl (C=O) groups excluding carboxylic acids is 2. The van der Waals surface area contributed by atoms with Gasteiger partial charge >= 0.3 is 5.97 Å². The predicted octanol–water partition coefficient (Wildman–Crippen LogP) is 1.87. The number of primary amides is 1. The number of hydrogen-bond donors (Lipinski definition) is 3. The molecule has 0 aliphatic carbocycles. The van der Waals surface area contributed by atoms with Crippen LogP contribution in [0.5, 0.6) is 5.75 Å². The standard InChI is InChI=1S/C17H18N2O5S/c1-24-12-5-3-2-4-10(12)13-7-8-14(25-13)16(21)19-11(17(22)23)6-9-15(18)20/h2-5,7-8,11H,6,9H2,1H3,(H2,18,20)(H,19,21)(H,22,23)/t11-/m0/s1. The minimum absolute atomic E-state index is 0.0544. The maximum absolute atomic E-state index is 12.3. The van der Waals surface area contributed by atoms with Gasteiger partial charge in [-0.05, 0) is 30.7 Å². The van der Waals surface area contributed by atoms with Crippen LogP contribution in [0, 0.1) is 0 Å². The highest BCUT2D eigenvalue weighted by Gasteiger charge is 2.22. The third-order valence-corrected chi connectivity index (χ3v) is 4.60. The monoisotopic (exact) mass is 362 g/mol. The van der Waals surface area contributed by atoms with Crippen LogP contribution in [-0.4, -0.2) is 36.0 Å². The summed E-state index contributed by atoms with van der Waals surface area (Å²) in [5.41, 5.74) is 5.87. The zero-order valence-electron chi connectivity index (χ0n) is 13.5. The first kappa shape index (κ1) is 18.5. The van der Waals surface area contributed by atoms with E-state index in [1.54, 1.807) is 19.2 Å². The van der Waals surface area contributed by atoms with Crippen molar-refractivity contribution in [1.29, 1.82) is 0 Å². The summed E-state index contributed by atoms with van der Waals surface area (Å²) in [6, 6.07) is 9.63. The molecule has 1 aromatic carbocycles. The maximum atomic E-state index is 12.3. The van der Waals surface area contributed by atoms with Crippen molar-refractivity contribution in [2.75, 3.05) is 7.11 Å². The van der Waals surface area contributed by atoms with Crippen molar-refractivity contribution in [2.24, 2.45) is 5.73 Å². The largest absolute Gasteiger partial charge is 0.496 e. The molecule has 0 saturated carbocycles. The molecule has 132 valence electrons. The van der Waals surface area contributed by atoms with Crippen molar-refractivity contribution in [2.45, 2.75) is 18.9 Å². The fourth-order valence-corrected chi connectivity index (χ4v) is 3.17. The lowest BCUT2D eigenvalue weighted by atomic mass is 10.1. The second-order valence-electron chi connectivity index (χ2n) is 5.23. The molecule has 1 atom stereocenters. The summed E-state index contributed by atoms with van der Waals surface area (Å²) < 4.78 is 5.30. The van der Waals surface area contributed by atoms with Crippen LogP contribution in [0.4, 0.5) is 0 Å². The van der Waals surface area contributed by atoms with Gasteiger partial charge in [0.1, 0.15) is 11.8 Å². The Labute approximate surface area is 148 Å². The molecule has 0 fully saturated rings. The van der Waals surface area contributed by atoms with E-state index in [0.717, 1.165) is 10.4 Å². The number of aliphatic carboxylic acids is 1. The van der Waals surface area contributed by atoms with Gasteiger partial charge in [-0.1, -0.05) is 12.1 Å². The van der Waals surface area contributed by atoms with Crippen molar-refractivity contribution >= 4 is 29.1 Å². The molecule has 0 bridgehead atoms. The molecule has 4 N–H and O–H groups in total. The number of benzene rings is 1. The van der Waals surface area contributed by atoms with Crippen molar-refractivity contribution in [3.63, 3.8) is 0 Å². The summed E-state index contributed by atoms with van der Waals surface area (Å²) in [4.78, 5) is 35.5. The lowest BCUT2D eigenvalue weighted by molar-refractivity contribution is -0.139. The van der Waals surface area contributed by atoms with Crippen LogP contribution in [0.15, 0.2) is 36.4 Å². The Kier molecular flexibility index (Phi) is 6.13. The molecule has 7 nitrogen and oxygen atoms in total. The summed E-state index contributed by atoms with van der Waals surface area (Å²) in [5.74, 6) is -1.66. The molecule has 2 amide bonds. The quantitative estimate of drug-likeness (QED) is 0.662. The SMILES string of the molecule is COc1ccccc1-c1ccc(C(=O)N[C@@H](CCC(N)=O)C(=O)O)s1. The molecule has 8 heteroatoms. The lowest BCUT2D eigenvalue weighted by Crippen LogP contribution is -2.41. The van der Waals surface area contributed by atoms with Crippen molar-refractivity contribution in [3.05, 3.63) is 41.3 Å².